The van der Waals surface area contributed by atoms with Crippen molar-refractivity contribution >= 4 is 23.0 Å². The normalized spacial score (nSPS) is 19.7. The summed E-state index contributed by atoms with van der Waals surface area (Å²) in [6.07, 6.45) is -2.67. The van der Waals surface area contributed by atoms with E-state index in [1.54, 1.807) is 29.2 Å². The van der Waals surface area contributed by atoms with Gasteiger partial charge in [0.15, 0.2) is 0 Å². The standard InChI is InChI=1S/C25H25F5N4O2/c1-15-5-6-16(13-31-22(15)25(28,29)30)20(34-11-9-24(26,27)10-12-34)14-32-23(36)18-3-2-4-19-17(18)7-8-21(35)33-19/h2-4,6-8,13,20H,5,9-12,14H2,1H3,(H,32,36)(H,33,35). The van der Waals surface area contributed by atoms with Gasteiger partial charge in [0.05, 0.1) is 6.04 Å². The minimum absolute atomic E-state index is 0.00465. The Morgan fingerprint density at radius 3 is 2.61 bits per heavy atom. The van der Waals surface area contributed by atoms with Gasteiger partial charge in [-0.1, -0.05) is 12.1 Å². The van der Waals surface area contributed by atoms with E-state index in [0.29, 0.717) is 22.0 Å². The summed E-state index contributed by atoms with van der Waals surface area (Å²) in [7, 11) is 0. The summed E-state index contributed by atoms with van der Waals surface area (Å²) in [5.41, 5.74) is -0.0547. The molecule has 0 aliphatic carbocycles. The van der Waals surface area contributed by atoms with E-state index in [4.69, 9.17) is 0 Å². The van der Waals surface area contributed by atoms with Crippen LogP contribution in [-0.4, -0.2) is 59.8 Å². The lowest BCUT2D eigenvalue weighted by Gasteiger charge is -2.38. The number of carbonyl (C=O) groups excluding carboxylic acids is 1. The lowest BCUT2D eigenvalue weighted by Crippen LogP contribution is -2.50. The largest absolute Gasteiger partial charge is 0.433 e. The van der Waals surface area contributed by atoms with Gasteiger partial charge in [-0.15, -0.1) is 0 Å². The molecule has 192 valence electrons. The van der Waals surface area contributed by atoms with Gasteiger partial charge in [-0.2, -0.15) is 13.2 Å². The van der Waals surface area contributed by atoms with Gasteiger partial charge in [-0.05, 0) is 42.7 Å². The SMILES string of the molecule is CC1=C(C(F)(F)F)N=CC(C(CNC(=O)c2cccc3[nH]c(=O)ccc23)N2CCC(F)(F)CC2)=CC1. The van der Waals surface area contributed by atoms with E-state index in [0.717, 1.165) is 6.21 Å². The molecule has 36 heavy (non-hydrogen) atoms. The molecular weight excluding hydrogens is 483 g/mol. The molecule has 0 bridgehead atoms. The average molecular weight is 508 g/mol. The first-order chi connectivity index (χ1) is 16.9. The molecule has 0 spiro atoms. The van der Waals surface area contributed by atoms with Crippen LogP contribution in [-0.2, 0) is 0 Å². The van der Waals surface area contributed by atoms with Gasteiger partial charge >= 0.3 is 6.18 Å². The second-order valence-electron chi connectivity index (χ2n) is 9.00. The summed E-state index contributed by atoms with van der Waals surface area (Å²) in [5, 5.41) is 3.32. The second-order valence-corrected chi connectivity index (χ2v) is 9.00. The summed E-state index contributed by atoms with van der Waals surface area (Å²) in [6, 6.07) is 7.04. The maximum Gasteiger partial charge on any atom is 0.433 e. The van der Waals surface area contributed by atoms with E-state index < -0.39 is 29.7 Å². The Labute approximate surface area is 203 Å². The maximum absolute atomic E-state index is 13.8. The number of halogens is 5. The van der Waals surface area contributed by atoms with Crippen molar-refractivity contribution < 1.29 is 26.7 Å². The van der Waals surface area contributed by atoms with Crippen LogP contribution in [0.4, 0.5) is 22.0 Å². The highest BCUT2D eigenvalue weighted by Crippen LogP contribution is 2.33. The molecule has 1 amide bonds. The molecule has 1 fully saturated rings. The van der Waals surface area contributed by atoms with Gasteiger partial charge in [0, 0.05) is 61.2 Å². The number of nitrogens with zero attached hydrogens (tertiary/aromatic N) is 2. The Kier molecular flexibility index (Phi) is 7.12. The molecule has 11 heteroatoms. The van der Waals surface area contributed by atoms with Crippen molar-refractivity contribution in [3.8, 4) is 0 Å². The molecule has 1 saturated heterocycles. The van der Waals surface area contributed by atoms with Gasteiger partial charge in [0.2, 0.25) is 5.56 Å². The van der Waals surface area contributed by atoms with Crippen molar-refractivity contribution in [2.45, 2.75) is 44.3 Å². The van der Waals surface area contributed by atoms with Gasteiger partial charge in [0.25, 0.3) is 11.8 Å². The summed E-state index contributed by atoms with van der Waals surface area (Å²) in [6.45, 7) is 1.37. The van der Waals surface area contributed by atoms with Crippen LogP contribution >= 0.6 is 0 Å². The molecule has 1 aromatic carbocycles. The highest BCUT2D eigenvalue weighted by Gasteiger charge is 2.38. The summed E-state index contributed by atoms with van der Waals surface area (Å²) in [4.78, 5) is 32.7. The highest BCUT2D eigenvalue weighted by atomic mass is 19.4. The zero-order valence-corrected chi connectivity index (χ0v) is 19.5. The third-order valence-corrected chi connectivity index (χ3v) is 6.48. The number of H-pyrrole nitrogens is 1. The molecule has 0 radical (unpaired) electrons. The first-order valence-corrected chi connectivity index (χ1v) is 11.5. The van der Waals surface area contributed by atoms with Crippen molar-refractivity contribution in [1.29, 1.82) is 0 Å². The monoisotopic (exact) mass is 508 g/mol. The van der Waals surface area contributed by atoms with Crippen molar-refractivity contribution in [2.24, 2.45) is 4.99 Å². The number of pyridine rings is 1. The molecule has 0 saturated carbocycles. The van der Waals surface area contributed by atoms with Gasteiger partial charge < -0.3 is 10.3 Å². The van der Waals surface area contributed by atoms with E-state index in [1.807, 2.05) is 0 Å². The van der Waals surface area contributed by atoms with Gasteiger partial charge in [-0.25, -0.2) is 8.78 Å². The molecule has 6 nitrogen and oxygen atoms in total. The molecule has 1 unspecified atom stereocenters. The fourth-order valence-electron chi connectivity index (χ4n) is 4.50. The number of hydrogen-bond donors (Lipinski definition) is 2. The number of likely N-dealkylation sites (tertiary alicyclic amines) is 1. The fourth-order valence-corrected chi connectivity index (χ4v) is 4.50. The number of hydrogen-bond acceptors (Lipinski definition) is 4. The molecule has 3 heterocycles. The smallest absolute Gasteiger partial charge is 0.350 e. The molecular formula is C25H25F5N4O2. The zero-order chi connectivity index (χ0) is 26.1. The molecule has 2 N–H and O–H groups in total. The number of amides is 1. The van der Waals surface area contributed by atoms with E-state index in [-0.39, 0.29) is 50.0 Å². The van der Waals surface area contributed by atoms with Crippen LogP contribution in [0.2, 0.25) is 0 Å². The fraction of sp³-hybridized carbons (Fsp3) is 0.400. The number of fused-ring (bicyclic) bond motifs is 1. The predicted molar refractivity (Wildman–Crippen MR) is 126 cm³/mol. The summed E-state index contributed by atoms with van der Waals surface area (Å²) >= 11 is 0. The molecule has 1 aromatic heterocycles. The maximum atomic E-state index is 13.8. The van der Waals surface area contributed by atoms with Crippen LogP contribution in [0.1, 0.15) is 36.5 Å². The van der Waals surface area contributed by atoms with Gasteiger partial charge in [0.1, 0.15) is 5.70 Å². The van der Waals surface area contributed by atoms with E-state index in [1.165, 1.54) is 19.1 Å². The van der Waals surface area contributed by atoms with E-state index in [9.17, 15) is 31.5 Å². The van der Waals surface area contributed by atoms with Crippen LogP contribution in [0.5, 0.6) is 0 Å². The Hall–Kier alpha value is -3.34. The molecule has 1 atom stereocenters. The average Bonchev–Trinajstić information content (AvgIpc) is 3.01. The Morgan fingerprint density at radius 2 is 1.92 bits per heavy atom. The first kappa shape index (κ1) is 25.7. The van der Waals surface area contributed by atoms with E-state index >= 15 is 0 Å². The van der Waals surface area contributed by atoms with Crippen LogP contribution in [0.25, 0.3) is 10.9 Å². The van der Waals surface area contributed by atoms with Crippen LogP contribution < -0.4 is 10.9 Å². The number of aromatic amines is 1. The lowest BCUT2D eigenvalue weighted by molar-refractivity contribution is -0.0931. The number of nitrogens with one attached hydrogen (secondary N) is 2. The summed E-state index contributed by atoms with van der Waals surface area (Å²) in [5.74, 6) is -3.27. The quantitative estimate of drug-likeness (QED) is 0.580. The number of allylic oxidation sites excluding steroid dienone is 3. The molecule has 2 aliphatic heterocycles. The zero-order valence-electron chi connectivity index (χ0n) is 19.5. The number of aromatic nitrogens is 1. The van der Waals surface area contributed by atoms with Crippen molar-refractivity contribution in [3.05, 3.63) is 69.2 Å². The van der Waals surface area contributed by atoms with Crippen molar-refractivity contribution in [3.63, 3.8) is 0 Å². The third-order valence-electron chi connectivity index (χ3n) is 6.48. The number of aliphatic imine (C=N–C) groups is 1. The lowest BCUT2D eigenvalue weighted by atomic mass is 9.98. The first-order valence-electron chi connectivity index (χ1n) is 11.5. The second kappa shape index (κ2) is 9.96. The number of benzene rings is 1. The van der Waals surface area contributed by atoms with Crippen LogP contribution in [0.3, 0.4) is 0 Å². The Balaban J connectivity index is 1.59. The minimum atomic E-state index is -4.61. The predicted octanol–water partition coefficient (Wildman–Crippen LogP) is 4.59. The minimum Gasteiger partial charge on any atom is -0.350 e. The number of carbonyl (C=O) groups is 1. The Bertz CT molecular complexity index is 1300. The molecule has 2 aliphatic rings. The van der Waals surface area contributed by atoms with Crippen LogP contribution in [0.15, 0.2) is 63.0 Å². The van der Waals surface area contributed by atoms with Crippen molar-refractivity contribution in [2.75, 3.05) is 19.6 Å². The number of rotatable bonds is 5. The van der Waals surface area contributed by atoms with Crippen LogP contribution in [0, 0.1) is 0 Å². The topological polar surface area (TPSA) is 77.6 Å². The molecule has 4 rings (SSSR count). The van der Waals surface area contributed by atoms with Crippen molar-refractivity contribution in [1.82, 2.24) is 15.2 Å². The highest BCUT2D eigenvalue weighted by molar-refractivity contribution is 6.06. The number of alkyl halides is 5. The molecule has 2 aromatic rings. The third kappa shape index (κ3) is 5.72. The Morgan fingerprint density at radius 1 is 1.19 bits per heavy atom. The van der Waals surface area contributed by atoms with Gasteiger partial charge in [-0.3, -0.25) is 19.5 Å². The number of piperidine rings is 1. The summed E-state index contributed by atoms with van der Waals surface area (Å²) < 4.78 is 67.7. The van der Waals surface area contributed by atoms with E-state index in [2.05, 4.69) is 15.3 Å².